The predicted molar refractivity (Wildman–Crippen MR) is 103 cm³/mol. The molecule has 2 atom stereocenters. The van der Waals surface area contributed by atoms with E-state index in [2.05, 4.69) is 63.5 Å². The van der Waals surface area contributed by atoms with Gasteiger partial charge >= 0.3 is 0 Å². The van der Waals surface area contributed by atoms with Crippen LogP contribution in [0.25, 0.3) is 0 Å². The maximum atomic E-state index is 12.5. The van der Waals surface area contributed by atoms with E-state index in [1.165, 1.54) is 36.8 Å². The second-order valence-electron chi connectivity index (χ2n) is 7.92. The third-order valence-corrected chi connectivity index (χ3v) is 5.27. The van der Waals surface area contributed by atoms with Crippen molar-refractivity contribution >= 4 is 11.6 Å². The van der Waals surface area contributed by atoms with Gasteiger partial charge in [-0.05, 0) is 41.7 Å². The van der Waals surface area contributed by atoms with Crippen molar-refractivity contribution in [3.8, 4) is 0 Å². The molecule has 2 unspecified atom stereocenters. The molecule has 3 nitrogen and oxygen atoms in total. The number of carbonyl (C=O) groups excluding carboxylic acids is 1. The minimum atomic E-state index is 0.0720. The lowest BCUT2D eigenvalue weighted by Gasteiger charge is -2.29. The monoisotopic (exact) mass is 330 g/mol. The van der Waals surface area contributed by atoms with Crippen molar-refractivity contribution in [3.05, 3.63) is 29.3 Å². The van der Waals surface area contributed by atoms with Crippen molar-refractivity contribution in [1.29, 1.82) is 0 Å². The van der Waals surface area contributed by atoms with Gasteiger partial charge in [-0.1, -0.05) is 65.7 Å². The van der Waals surface area contributed by atoms with E-state index < -0.39 is 0 Å². The first-order valence-corrected chi connectivity index (χ1v) is 9.56. The third-order valence-electron chi connectivity index (χ3n) is 5.27. The molecule has 1 aliphatic rings. The average molecular weight is 331 g/mol. The standard InChI is InChI=1S/C21H34N2O/c1-14(2)17-10-8-11-18(15(3)4)21(17)23-20(24)13-22-19-12-7-6-9-16(19)5/h8,10-11,14-16,19,22H,6-7,9,12-13H2,1-5H3,(H,23,24). The number of para-hydroxylation sites is 1. The van der Waals surface area contributed by atoms with Crippen LogP contribution in [-0.4, -0.2) is 18.5 Å². The molecule has 1 amide bonds. The normalized spacial score (nSPS) is 21.3. The number of rotatable bonds is 6. The Kier molecular flexibility index (Phi) is 6.85. The Morgan fingerprint density at radius 1 is 1.08 bits per heavy atom. The fraction of sp³-hybridized carbons (Fsp3) is 0.667. The molecule has 1 aromatic carbocycles. The summed E-state index contributed by atoms with van der Waals surface area (Å²) in [5.74, 6) is 1.53. The minimum absolute atomic E-state index is 0.0720. The molecule has 134 valence electrons. The molecule has 1 aromatic rings. The lowest BCUT2D eigenvalue weighted by molar-refractivity contribution is -0.115. The van der Waals surface area contributed by atoms with Crippen LogP contribution in [0, 0.1) is 5.92 Å². The van der Waals surface area contributed by atoms with Crippen molar-refractivity contribution in [2.24, 2.45) is 5.92 Å². The third kappa shape index (κ3) is 4.83. The number of amides is 1. The fourth-order valence-corrected chi connectivity index (χ4v) is 3.72. The summed E-state index contributed by atoms with van der Waals surface area (Å²) in [5, 5.41) is 6.67. The van der Waals surface area contributed by atoms with Gasteiger partial charge in [0.05, 0.1) is 6.54 Å². The largest absolute Gasteiger partial charge is 0.324 e. The molecule has 1 aliphatic carbocycles. The Morgan fingerprint density at radius 3 is 2.21 bits per heavy atom. The highest BCUT2D eigenvalue weighted by atomic mass is 16.1. The number of hydrogen-bond acceptors (Lipinski definition) is 2. The lowest BCUT2D eigenvalue weighted by atomic mass is 9.86. The van der Waals surface area contributed by atoms with E-state index in [-0.39, 0.29) is 5.91 Å². The fourth-order valence-electron chi connectivity index (χ4n) is 3.72. The van der Waals surface area contributed by atoms with Crippen LogP contribution >= 0.6 is 0 Å². The average Bonchev–Trinajstić information content (AvgIpc) is 2.53. The first-order chi connectivity index (χ1) is 11.4. The quantitative estimate of drug-likeness (QED) is 0.767. The number of hydrogen-bond donors (Lipinski definition) is 2. The van der Waals surface area contributed by atoms with E-state index in [9.17, 15) is 4.79 Å². The van der Waals surface area contributed by atoms with E-state index in [1.54, 1.807) is 0 Å². The molecule has 24 heavy (non-hydrogen) atoms. The van der Waals surface area contributed by atoms with Crippen molar-refractivity contribution in [2.75, 3.05) is 11.9 Å². The van der Waals surface area contributed by atoms with Crippen molar-refractivity contribution < 1.29 is 4.79 Å². The van der Waals surface area contributed by atoms with Crippen molar-refractivity contribution in [2.45, 2.75) is 78.2 Å². The molecule has 0 radical (unpaired) electrons. The second kappa shape index (κ2) is 8.66. The van der Waals surface area contributed by atoms with Gasteiger partial charge in [-0.25, -0.2) is 0 Å². The van der Waals surface area contributed by atoms with Crippen molar-refractivity contribution in [3.63, 3.8) is 0 Å². The number of anilines is 1. The van der Waals surface area contributed by atoms with Gasteiger partial charge in [0.2, 0.25) is 5.91 Å². The van der Waals surface area contributed by atoms with Crippen LogP contribution in [0.5, 0.6) is 0 Å². The molecule has 1 fully saturated rings. The highest BCUT2D eigenvalue weighted by molar-refractivity contribution is 5.94. The summed E-state index contributed by atoms with van der Waals surface area (Å²) in [6.45, 7) is 11.4. The Morgan fingerprint density at radius 2 is 1.67 bits per heavy atom. The smallest absolute Gasteiger partial charge is 0.238 e. The maximum Gasteiger partial charge on any atom is 0.238 e. The Bertz CT molecular complexity index is 525. The van der Waals surface area contributed by atoms with E-state index >= 15 is 0 Å². The van der Waals surface area contributed by atoms with E-state index in [0.717, 1.165) is 5.69 Å². The van der Waals surface area contributed by atoms with E-state index in [4.69, 9.17) is 0 Å². The van der Waals surface area contributed by atoms with Crippen LogP contribution in [0.15, 0.2) is 18.2 Å². The zero-order valence-electron chi connectivity index (χ0n) is 16.0. The predicted octanol–water partition coefficient (Wildman–Crippen LogP) is 5.04. The minimum Gasteiger partial charge on any atom is -0.324 e. The molecule has 0 heterocycles. The van der Waals surface area contributed by atoms with Crippen LogP contribution in [0.3, 0.4) is 0 Å². The molecule has 2 N–H and O–H groups in total. The summed E-state index contributed by atoms with van der Waals surface area (Å²) in [5.41, 5.74) is 3.46. The highest BCUT2D eigenvalue weighted by Crippen LogP contribution is 2.32. The van der Waals surface area contributed by atoms with E-state index in [1.807, 2.05) is 0 Å². The molecular formula is C21H34N2O. The van der Waals surface area contributed by atoms with Gasteiger partial charge in [0, 0.05) is 11.7 Å². The molecule has 0 saturated heterocycles. The Labute approximate surface area is 147 Å². The number of benzene rings is 1. The molecule has 3 heteroatoms. The van der Waals surface area contributed by atoms with Gasteiger partial charge in [0.25, 0.3) is 0 Å². The topological polar surface area (TPSA) is 41.1 Å². The molecule has 2 rings (SSSR count). The maximum absolute atomic E-state index is 12.5. The van der Waals surface area contributed by atoms with Crippen LogP contribution in [0.4, 0.5) is 5.69 Å². The molecular weight excluding hydrogens is 296 g/mol. The van der Waals surface area contributed by atoms with Crippen LogP contribution in [-0.2, 0) is 4.79 Å². The second-order valence-corrected chi connectivity index (χ2v) is 7.92. The molecule has 0 aliphatic heterocycles. The summed E-state index contributed by atoms with van der Waals surface area (Å²) in [6.07, 6.45) is 5.06. The SMILES string of the molecule is CC(C)c1cccc(C(C)C)c1NC(=O)CNC1CCCCC1C. The van der Waals surface area contributed by atoms with E-state index in [0.29, 0.717) is 30.3 Å². The van der Waals surface area contributed by atoms with Gasteiger partial charge in [0.15, 0.2) is 0 Å². The van der Waals surface area contributed by atoms with Gasteiger partial charge in [-0.3, -0.25) is 4.79 Å². The lowest BCUT2D eigenvalue weighted by Crippen LogP contribution is -2.41. The van der Waals surface area contributed by atoms with Gasteiger partial charge in [0.1, 0.15) is 0 Å². The van der Waals surface area contributed by atoms with Crippen LogP contribution in [0.2, 0.25) is 0 Å². The summed E-state index contributed by atoms with van der Waals surface area (Å²) < 4.78 is 0. The molecule has 1 saturated carbocycles. The van der Waals surface area contributed by atoms with Gasteiger partial charge < -0.3 is 10.6 Å². The first-order valence-electron chi connectivity index (χ1n) is 9.56. The summed E-state index contributed by atoms with van der Waals surface area (Å²) in [6, 6.07) is 6.84. The molecule has 0 bridgehead atoms. The van der Waals surface area contributed by atoms with Gasteiger partial charge in [-0.2, -0.15) is 0 Å². The van der Waals surface area contributed by atoms with Crippen LogP contribution in [0.1, 0.15) is 83.3 Å². The van der Waals surface area contributed by atoms with Crippen molar-refractivity contribution in [1.82, 2.24) is 5.32 Å². The summed E-state index contributed by atoms with van der Waals surface area (Å²) in [4.78, 5) is 12.5. The zero-order chi connectivity index (χ0) is 17.7. The van der Waals surface area contributed by atoms with Crippen LogP contribution < -0.4 is 10.6 Å². The summed E-state index contributed by atoms with van der Waals surface area (Å²) in [7, 11) is 0. The zero-order valence-corrected chi connectivity index (χ0v) is 16.0. The Balaban J connectivity index is 2.05. The van der Waals surface area contributed by atoms with Gasteiger partial charge in [-0.15, -0.1) is 0 Å². The first kappa shape index (κ1) is 19.0. The molecule has 0 spiro atoms. The highest BCUT2D eigenvalue weighted by Gasteiger charge is 2.22. The number of nitrogens with one attached hydrogen (secondary N) is 2. The number of carbonyl (C=O) groups is 1. The Hall–Kier alpha value is -1.35. The summed E-state index contributed by atoms with van der Waals surface area (Å²) >= 11 is 0. The molecule has 0 aromatic heterocycles.